The van der Waals surface area contributed by atoms with Gasteiger partial charge in [0.1, 0.15) is 18.1 Å². The van der Waals surface area contributed by atoms with Gasteiger partial charge in [-0.25, -0.2) is 4.79 Å². The molecule has 0 saturated carbocycles. The normalized spacial score (nSPS) is 20.4. The second kappa shape index (κ2) is 12.0. The number of hydrogen-bond donors (Lipinski definition) is 6. The molecule has 11 nitrogen and oxygen atoms in total. The monoisotopic (exact) mass is 434 g/mol. The molecule has 3 amide bonds. The zero-order valence-corrected chi connectivity index (χ0v) is 17.4. The Hall–Kier alpha value is -1.89. The third-order valence-electron chi connectivity index (χ3n) is 4.65. The number of aliphatic carboxylic acids is 1. The van der Waals surface area contributed by atoms with Crippen molar-refractivity contribution in [3.63, 3.8) is 0 Å². The van der Waals surface area contributed by atoms with Crippen LogP contribution in [-0.4, -0.2) is 99.3 Å². The van der Waals surface area contributed by atoms with Crippen molar-refractivity contribution in [2.24, 2.45) is 5.73 Å². The Morgan fingerprint density at radius 1 is 1.24 bits per heavy atom. The van der Waals surface area contributed by atoms with Crippen molar-refractivity contribution in [2.75, 3.05) is 25.2 Å². The number of nitrogens with two attached hydrogens (primary N) is 1. The molecule has 1 fully saturated rings. The summed E-state index contributed by atoms with van der Waals surface area (Å²) in [5.74, 6) is -2.77. The Morgan fingerprint density at radius 2 is 1.90 bits per heavy atom. The van der Waals surface area contributed by atoms with Gasteiger partial charge in [0, 0.05) is 6.54 Å². The molecule has 0 aromatic rings. The molecule has 0 aliphatic carbocycles. The number of amides is 3. The predicted molar refractivity (Wildman–Crippen MR) is 106 cm³/mol. The summed E-state index contributed by atoms with van der Waals surface area (Å²) in [7, 11) is 0. The van der Waals surface area contributed by atoms with Crippen LogP contribution in [0, 0.1) is 0 Å². The number of carbonyl (C=O) groups is 4. The average Bonchev–Trinajstić information content (AvgIpc) is 3.17. The summed E-state index contributed by atoms with van der Waals surface area (Å²) in [6.07, 6.45) is 1.73. The van der Waals surface area contributed by atoms with Gasteiger partial charge in [0.2, 0.25) is 17.7 Å². The molecule has 1 aliphatic heterocycles. The predicted octanol–water partition coefficient (Wildman–Crippen LogP) is -2.51. The lowest BCUT2D eigenvalue weighted by atomic mass is 10.1. The molecule has 1 saturated heterocycles. The molecule has 5 atom stereocenters. The van der Waals surface area contributed by atoms with E-state index >= 15 is 0 Å². The molecule has 0 aromatic heterocycles. The quantitative estimate of drug-likeness (QED) is 0.204. The number of aliphatic hydroxyl groups is 2. The van der Waals surface area contributed by atoms with Crippen LogP contribution in [0.15, 0.2) is 0 Å². The molecule has 5 unspecified atom stereocenters. The molecule has 7 N–H and O–H groups in total. The maximum Gasteiger partial charge on any atom is 0.326 e. The second-order valence-corrected chi connectivity index (χ2v) is 7.87. The van der Waals surface area contributed by atoms with Gasteiger partial charge in [0.05, 0.1) is 18.8 Å². The van der Waals surface area contributed by atoms with E-state index in [-0.39, 0.29) is 13.0 Å². The average molecular weight is 435 g/mol. The van der Waals surface area contributed by atoms with Crippen LogP contribution in [-0.2, 0) is 19.2 Å². The number of likely N-dealkylation sites (tertiary alicyclic amines) is 1. The Labute approximate surface area is 173 Å². The van der Waals surface area contributed by atoms with Gasteiger partial charge in [-0.05, 0) is 38.2 Å². The number of aliphatic hydroxyl groups excluding tert-OH is 2. The number of hydrogen-bond acceptors (Lipinski definition) is 8. The fourth-order valence-electron chi connectivity index (χ4n) is 2.98. The second-order valence-electron chi connectivity index (χ2n) is 6.89. The van der Waals surface area contributed by atoms with Crippen molar-refractivity contribution >= 4 is 35.5 Å². The molecule has 0 aromatic carbocycles. The molecular formula is C17H30N4O7S. The topological polar surface area (TPSA) is 182 Å². The van der Waals surface area contributed by atoms with Crippen molar-refractivity contribution < 1.29 is 34.5 Å². The first-order chi connectivity index (χ1) is 13.6. The lowest BCUT2D eigenvalue weighted by molar-refractivity contribution is -0.150. The first kappa shape index (κ1) is 25.1. The van der Waals surface area contributed by atoms with E-state index in [1.807, 2.05) is 6.26 Å². The Kier molecular flexibility index (Phi) is 10.4. The van der Waals surface area contributed by atoms with Gasteiger partial charge in [-0.3, -0.25) is 14.4 Å². The molecule has 29 heavy (non-hydrogen) atoms. The molecule has 1 heterocycles. The first-order valence-corrected chi connectivity index (χ1v) is 10.7. The number of nitrogens with zero attached hydrogens (tertiary/aromatic N) is 1. The Balaban J connectivity index is 2.80. The number of carboxylic acids is 1. The fourth-order valence-corrected chi connectivity index (χ4v) is 3.47. The van der Waals surface area contributed by atoms with E-state index in [0.717, 1.165) is 4.90 Å². The number of rotatable bonds is 11. The molecular weight excluding hydrogens is 404 g/mol. The van der Waals surface area contributed by atoms with Crippen molar-refractivity contribution in [1.82, 2.24) is 15.5 Å². The summed E-state index contributed by atoms with van der Waals surface area (Å²) >= 11 is 1.51. The van der Waals surface area contributed by atoms with E-state index < -0.39 is 60.6 Å². The highest BCUT2D eigenvalue weighted by Gasteiger charge is 2.38. The van der Waals surface area contributed by atoms with Gasteiger partial charge in [-0.2, -0.15) is 11.8 Å². The standard InChI is InChI=1S/C17H30N4O7S/c1-9(23)13(20-14(24)10(18)5-7-29-2)15(25)19-11(8-22)16(26)21-6-3-4-12(21)17(27)28/h9-13,22-23H,3-8,18H2,1-2H3,(H,19,25)(H,20,24)(H,27,28). The summed E-state index contributed by atoms with van der Waals surface area (Å²) < 4.78 is 0. The summed E-state index contributed by atoms with van der Waals surface area (Å²) in [6.45, 7) is 0.721. The Bertz CT molecular complexity index is 604. The maximum atomic E-state index is 12.6. The lowest BCUT2D eigenvalue weighted by Gasteiger charge is -2.28. The fraction of sp³-hybridized carbons (Fsp3) is 0.765. The molecule has 0 radical (unpaired) electrons. The third-order valence-corrected chi connectivity index (χ3v) is 5.29. The Morgan fingerprint density at radius 3 is 2.41 bits per heavy atom. The zero-order chi connectivity index (χ0) is 22.1. The highest BCUT2D eigenvalue weighted by Crippen LogP contribution is 2.18. The van der Waals surface area contributed by atoms with Crippen LogP contribution in [0.1, 0.15) is 26.2 Å². The lowest BCUT2D eigenvalue weighted by Crippen LogP contribution is -2.60. The minimum absolute atomic E-state index is 0.197. The van der Waals surface area contributed by atoms with Gasteiger partial charge in [0.15, 0.2) is 0 Å². The van der Waals surface area contributed by atoms with Gasteiger partial charge in [0.25, 0.3) is 0 Å². The van der Waals surface area contributed by atoms with Crippen molar-refractivity contribution in [3.05, 3.63) is 0 Å². The summed E-state index contributed by atoms with van der Waals surface area (Å²) in [5.41, 5.74) is 5.76. The summed E-state index contributed by atoms with van der Waals surface area (Å²) in [6, 6.07) is -4.67. The number of carbonyl (C=O) groups excluding carboxylic acids is 3. The minimum Gasteiger partial charge on any atom is -0.480 e. The number of nitrogens with one attached hydrogen (secondary N) is 2. The van der Waals surface area contributed by atoms with Gasteiger partial charge < -0.3 is 36.6 Å². The van der Waals surface area contributed by atoms with E-state index in [9.17, 15) is 34.5 Å². The van der Waals surface area contributed by atoms with Crippen molar-refractivity contribution in [1.29, 1.82) is 0 Å². The summed E-state index contributed by atoms with van der Waals surface area (Å²) in [5, 5.41) is 33.3. The van der Waals surface area contributed by atoms with E-state index in [1.165, 1.54) is 18.7 Å². The molecule has 1 rings (SSSR count). The van der Waals surface area contributed by atoms with Crippen LogP contribution in [0.3, 0.4) is 0 Å². The minimum atomic E-state index is -1.40. The van der Waals surface area contributed by atoms with Gasteiger partial charge in [-0.1, -0.05) is 0 Å². The molecule has 166 valence electrons. The van der Waals surface area contributed by atoms with E-state index in [0.29, 0.717) is 18.6 Å². The van der Waals surface area contributed by atoms with Crippen LogP contribution >= 0.6 is 11.8 Å². The van der Waals surface area contributed by atoms with Gasteiger partial charge >= 0.3 is 5.97 Å². The summed E-state index contributed by atoms with van der Waals surface area (Å²) in [4.78, 5) is 49.6. The molecule has 0 spiro atoms. The van der Waals surface area contributed by atoms with E-state index in [1.54, 1.807) is 0 Å². The van der Waals surface area contributed by atoms with Crippen LogP contribution in [0.25, 0.3) is 0 Å². The van der Waals surface area contributed by atoms with Gasteiger partial charge in [-0.15, -0.1) is 0 Å². The highest BCUT2D eigenvalue weighted by atomic mass is 32.2. The van der Waals surface area contributed by atoms with Crippen LogP contribution in [0.2, 0.25) is 0 Å². The highest BCUT2D eigenvalue weighted by molar-refractivity contribution is 7.98. The van der Waals surface area contributed by atoms with Crippen LogP contribution in [0.4, 0.5) is 0 Å². The molecule has 12 heteroatoms. The number of thioether (sulfide) groups is 1. The van der Waals surface area contributed by atoms with E-state index in [4.69, 9.17) is 5.73 Å². The smallest absolute Gasteiger partial charge is 0.326 e. The van der Waals surface area contributed by atoms with Crippen LogP contribution in [0.5, 0.6) is 0 Å². The van der Waals surface area contributed by atoms with E-state index in [2.05, 4.69) is 10.6 Å². The maximum absolute atomic E-state index is 12.6. The van der Waals surface area contributed by atoms with Crippen LogP contribution < -0.4 is 16.4 Å². The van der Waals surface area contributed by atoms with Crippen molar-refractivity contribution in [2.45, 2.75) is 56.5 Å². The zero-order valence-electron chi connectivity index (χ0n) is 16.5. The van der Waals surface area contributed by atoms with Crippen molar-refractivity contribution in [3.8, 4) is 0 Å². The first-order valence-electron chi connectivity index (χ1n) is 9.31. The number of carboxylic acid groups (broad SMARTS) is 1. The SMILES string of the molecule is CSCCC(N)C(=O)NC(C(=O)NC(CO)C(=O)N1CCCC1C(=O)O)C(C)O. The molecule has 1 aliphatic rings. The largest absolute Gasteiger partial charge is 0.480 e. The third kappa shape index (κ3) is 7.14. The molecule has 0 bridgehead atoms.